The summed E-state index contributed by atoms with van der Waals surface area (Å²) in [5.74, 6) is 1.66. The molecular formula is C15H10N2OS3. The lowest BCUT2D eigenvalue weighted by Gasteiger charge is -1.92. The van der Waals surface area contributed by atoms with Crippen LogP contribution in [-0.4, -0.2) is 9.97 Å². The van der Waals surface area contributed by atoms with Crippen molar-refractivity contribution in [2.24, 2.45) is 0 Å². The molecule has 0 bridgehead atoms. The molecule has 0 aliphatic rings. The third kappa shape index (κ3) is 2.74. The van der Waals surface area contributed by atoms with E-state index in [-0.39, 0.29) is 0 Å². The van der Waals surface area contributed by atoms with E-state index in [1.807, 2.05) is 30.3 Å². The number of aromatic nitrogens is 2. The van der Waals surface area contributed by atoms with E-state index in [9.17, 15) is 0 Å². The van der Waals surface area contributed by atoms with Gasteiger partial charge in [0.1, 0.15) is 0 Å². The fourth-order valence-electron chi connectivity index (χ4n) is 1.94. The highest BCUT2D eigenvalue weighted by molar-refractivity contribution is 8.00. The predicted octanol–water partition coefficient (Wildman–Crippen LogP) is 5.31. The van der Waals surface area contributed by atoms with E-state index >= 15 is 0 Å². The zero-order valence-corrected chi connectivity index (χ0v) is 13.3. The van der Waals surface area contributed by atoms with Gasteiger partial charge in [-0.15, -0.1) is 22.7 Å². The molecule has 0 amide bonds. The van der Waals surface area contributed by atoms with E-state index in [4.69, 9.17) is 4.42 Å². The first-order valence-corrected chi connectivity index (χ1v) is 9.03. The number of hydrogen-bond acceptors (Lipinski definition) is 6. The molecule has 4 rings (SSSR count). The maximum Gasteiger partial charge on any atom is 0.162 e. The number of thiazole rings is 2. The number of thioether (sulfide) groups is 1. The van der Waals surface area contributed by atoms with Gasteiger partial charge in [-0.3, -0.25) is 0 Å². The predicted molar refractivity (Wildman–Crippen MR) is 89.0 cm³/mol. The lowest BCUT2D eigenvalue weighted by molar-refractivity contribution is 0.581. The first-order chi connectivity index (χ1) is 10.4. The van der Waals surface area contributed by atoms with E-state index in [0.29, 0.717) is 0 Å². The van der Waals surface area contributed by atoms with Crippen LogP contribution in [0.25, 0.3) is 21.0 Å². The minimum absolute atomic E-state index is 0.830. The highest BCUT2D eigenvalue weighted by Gasteiger charge is 2.09. The van der Waals surface area contributed by atoms with Gasteiger partial charge in [0.15, 0.2) is 15.1 Å². The van der Waals surface area contributed by atoms with Gasteiger partial charge in [-0.1, -0.05) is 23.9 Å². The van der Waals surface area contributed by atoms with Gasteiger partial charge in [0.2, 0.25) is 0 Å². The molecule has 0 spiro atoms. The Hall–Kier alpha value is -1.63. The molecule has 0 saturated carbocycles. The van der Waals surface area contributed by atoms with Crippen molar-refractivity contribution < 1.29 is 4.42 Å². The summed E-state index contributed by atoms with van der Waals surface area (Å²) >= 11 is 5.07. The van der Waals surface area contributed by atoms with Gasteiger partial charge in [-0.25, -0.2) is 9.97 Å². The van der Waals surface area contributed by atoms with Gasteiger partial charge < -0.3 is 4.42 Å². The summed E-state index contributed by atoms with van der Waals surface area (Å²) in [6, 6.07) is 12.0. The molecule has 0 saturated heterocycles. The quantitative estimate of drug-likeness (QED) is 0.476. The van der Waals surface area contributed by atoms with Crippen LogP contribution in [0, 0.1) is 0 Å². The Morgan fingerprint density at radius 1 is 1.10 bits per heavy atom. The first-order valence-electron chi connectivity index (χ1n) is 6.35. The molecule has 4 aromatic rings. The van der Waals surface area contributed by atoms with Gasteiger partial charge in [0, 0.05) is 11.1 Å². The van der Waals surface area contributed by atoms with Crippen LogP contribution in [0.3, 0.4) is 0 Å². The number of nitrogens with zero attached hydrogens (tertiary/aromatic N) is 2. The van der Waals surface area contributed by atoms with E-state index in [2.05, 4.69) is 21.4 Å². The van der Waals surface area contributed by atoms with Gasteiger partial charge in [0.05, 0.1) is 22.2 Å². The topological polar surface area (TPSA) is 38.9 Å². The minimum Gasteiger partial charge on any atom is -0.462 e. The molecule has 6 heteroatoms. The fraction of sp³-hybridized carbons (Fsp3) is 0.0667. The zero-order chi connectivity index (χ0) is 14.1. The van der Waals surface area contributed by atoms with E-state index in [1.54, 1.807) is 40.7 Å². The van der Waals surface area contributed by atoms with Crippen LogP contribution in [0.15, 0.2) is 56.8 Å². The summed E-state index contributed by atoms with van der Waals surface area (Å²) in [6.45, 7) is 0. The Balaban J connectivity index is 1.49. The summed E-state index contributed by atoms with van der Waals surface area (Å²) in [6.07, 6.45) is 1.67. The molecule has 1 aromatic carbocycles. The number of fused-ring (bicyclic) bond motifs is 1. The van der Waals surface area contributed by atoms with Crippen molar-refractivity contribution in [1.29, 1.82) is 0 Å². The minimum atomic E-state index is 0.830. The third-order valence-corrected chi connectivity index (χ3v) is 6.02. The summed E-state index contributed by atoms with van der Waals surface area (Å²) in [4.78, 5) is 9.23. The van der Waals surface area contributed by atoms with Crippen LogP contribution in [0.5, 0.6) is 0 Å². The molecule has 0 atom stereocenters. The smallest absolute Gasteiger partial charge is 0.162 e. The second-order valence-corrected chi connectivity index (χ2v) is 7.47. The lowest BCUT2D eigenvalue weighted by atomic mass is 10.3. The largest absolute Gasteiger partial charge is 0.462 e. The monoisotopic (exact) mass is 330 g/mol. The molecule has 0 aliphatic carbocycles. The molecule has 0 fully saturated rings. The van der Waals surface area contributed by atoms with Crippen molar-refractivity contribution in [3.05, 3.63) is 53.7 Å². The highest BCUT2D eigenvalue weighted by atomic mass is 32.2. The van der Waals surface area contributed by atoms with Crippen LogP contribution >= 0.6 is 34.4 Å². The van der Waals surface area contributed by atoms with Gasteiger partial charge >= 0.3 is 0 Å². The number of hydrogen-bond donors (Lipinski definition) is 0. The summed E-state index contributed by atoms with van der Waals surface area (Å²) in [5, 5.41) is 3.01. The van der Waals surface area contributed by atoms with Crippen LogP contribution in [0.2, 0.25) is 0 Å². The number of furan rings is 1. The van der Waals surface area contributed by atoms with E-state index in [1.165, 1.54) is 4.70 Å². The normalized spacial score (nSPS) is 11.2. The number of benzene rings is 1. The SMILES string of the molecule is c1coc(-c2nc(CSc3nc4ccccc4s3)cs2)c1. The number of rotatable bonds is 4. The average Bonchev–Trinajstić information content (AvgIpc) is 3.23. The second kappa shape index (κ2) is 5.63. The molecule has 3 aromatic heterocycles. The van der Waals surface area contributed by atoms with Crippen molar-refractivity contribution in [1.82, 2.24) is 9.97 Å². The molecule has 3 nitrogen and oxygen atoms in total. The van der Waals surface area contributed by atoms with Crippen molar-refractivity contribution in [2.75, 3.05) is 0 Å². The first kappa shape index (κ1) is 13.1. The molecule has 0 N–H and O–H groups in total. The Kier molecular flexibility index (Phi) is 3.50. The molecule has 0 unspecified atom stereocenters. The van der Waals surface area contributed by atoms with Crippen LogP contribution in [0.4, 0.5) is 0 Å². The number of para-hydroxylation sites is 1. The van der Waals surface area contributed by atoms with Crippen LogP contribution in [0.1, 0.15) is 5.69 Å². The molecule has 0 aliphatic heterocycles. The molecule has 104 valence electrons. The third-order valence-electron chi connectivity index (χ3n) is 2.90. The lowest BCUT2D eigenvalue weighted by Crippen LogP contribution is -1.80. The molecule has 0 radical (unpaired) electrons. The maximum absolute atomic E-state index is 5.37. The molecular weight excluding hydrogens is 320 g/mol. The Morgan fingerprint density at radius 2 is 2.05 bits per heavy atom. The standard InChI is InChI=1S/C15H10N2OS3/c1-2-6-13-11(4-1)17-15(21-13)20-9-10-8-19-14(16-10)12-5-3-7-18-12/h1-8H,9H2. The Morgan fingerprint density at radius 3 is 2.90 bits per heavy atom. The fourth-order valence-corrected chi connectivity index (χ4v) is 4.79. The molecule has 21 heavy (non-hydrogen) atoms. The average molecular weight is 330 g/mol. The summed E-state index contributed by atoms with van der Waals surface area (Å²) < 4.78 is 7.68. The van der Waals surface area contributed by atoms with Crippen molar-refractivity contribution in [2.45, 2.75) is 10.1 Å². The van der Waals surface area contributed by atoms with Crippen LogP contribution in [-0.2, 0) is 5.75 Å². The molecule has 3 heterocycles. The highest BCUT2D eigenvalue weighted by Crippen LogP contribution is 2.32. The Labute approximate surface area is 133 Å². The Bertz CT molecular complexity index is 831. The summed E-state index contributed by atoms with van der Waals surface area (Å²) in [5.41, 5.74) is 2.13. The van der Waals surface area contributed by atoms with Gasteiger partial charge in [-0.05, 0) is 24.3 Å². The van der Waals surface area contributed by atoms with Gasteiger partial charge in [-0.2, -0.15) is 0 Å². The van der Waals surface area contributed by atoms with Crippen LogP contribution < -0.4 is 0 Å². The van der Waals surface area contributed by atoms with Crippen molar-refractivity contribution in [3.63, 3.8) is 0 Å². The zero-order valence-electron chi connectivity index (χ0n) is 10.9. The van der Waals surface area contributed by atoms with Gasteiger partial charge in [0.25, 0.3) is 0 Å². The van der Waals surface area contributed by atoms with Crippen molar-refractivity contribution >= 4 is 44.7 Å². The summed E-state index contributed by atoms with van der Waals surface area (Å²) in [7, 11) is 0. The maximum atomic E-state index is 5.37. The van der Waals surface area contributed by atoms with E-state index in [0.717, 1.165) is 32.1 Å². The second-order valence-electron chi connectivity index (χ2n) is 4.36. The van der Waals surface area contributed by atoms with Crippen molar-refractivity contribution in [3.8, 4) is 10.8 Å². The van der Waals surface area contributed by atoms with E-state index < -0.39 is 0 Å².